The fraction of sp³-hybridized carbons (Fsp3) is 0. The maximum absolute atomic E-state index is 10.6. The van der Waals surface area contributed by atoms with E-state index in [0.29, 0.717) is 4.88 Å². The van der Waals surface area contributed by atoms with Crippen molar-refractivity contribution in [3.05, 3.63) is 22.4 Å². The van der Waals surface area contributed by atoms with Crippen LogP contribution in [-0.2, 0) is 4.52 Å². The molecule has 0 aliphatic carbocycles. The van der Waals surface area contributed by atoms with E-state index in [1.54, 1.807) is 6.07 Å². The number of hydrogen-bond acceptors (Lipinski definition) is 3. The molecule has 0 fully saturated rings. The van der Waals surface area contributed by atoms with Gasteiger partial charge in [-0.25, -0.2) is 4.79 Å². The molecule has 0 bridgehead atoms. The Balaban J connectivity index is 2.77. The van der Waals surface area contributed by atoms with E-state index in [1.807, 2.05) is 20.9 Å². The monoisotopic (exact) mass is 160 g/mol. The van der Waals surface area contributed by atoms with Crippen molar-refractivity contribution < 1.29 is 9.32 Å². The molecule has 0 radical (unpaired) electrons. The van der Waals surface area contributed by atoms with Crippen LogP contribution in [0.1, 0.15) is 9.67 Å². The smallest absolute Gasteiger partial charge is 0.350 e. The Morgan fingerprint density at radius 2 is 2.56 bits per heavy atom. The van der Waals surface area contributed by atoms with Crippen LogP contribution in [0.3, 0.4) is 0 Å². The van der Waals surface area contributed by atoms with Crippen LogP contribution in [0.25, 0.3) is 0 Å². The van der Waals surface area contributed by atoms with E-state index in [1.165, 1.54) is 11.3 Å². The van der Waals surface area contributed by atoms with Gasteiger partial charge in [0, 0.05) is 0 Å². The Kier molecular flexibility index (Phi) is 2.20. The summed E-state index contributed by atoms with van der Waals surface area (Å²) in [6.45, 7) is 0. The molecule has 1 rings (SSSR count). The molecule has 9 heavy (non-hydrogen) atoms. The summed E-state index contributed by atoms with van der Waals surface area (Å²) in [5.74, 6) is -0.296. The molecule has 1 atom stereocenters. The van der Waals surface area contributed by atoms with Crippen molar-refractivity contribution in [2.75, 3.05) is 0 Å². The van der Waals surface area contributed by atoms with E-state index in [0.717, 1.165) is 0 Å². The van der Waals surface area contributed by atoms with Crippen LogP contribution >= 0.6 is 20.8 Å². The van der Waals surface area contributed by atoms with E-state index >= 15 is 0 Å². The number of rotatable bonds is 1. The van der Waals surface area contributed by atoms with E-state index in [9.17, 15) is 4.79 Å². The van der Waals surface area contributed by atoms with Crippen LogP contribution in [0.4, 0.5) is 0 Å². The quantitative estimate of drug-likeness (QED) is 0.584. The maximum atomic E-state index is 10.6. The molecule has 0 aliphatic heterocycles. The van der Waals surface area contributed by atoms with E-state index < -0.39 is 0 Å². The minimum atomic E-state index is -0.296. The highest BCUT2D eigenvalue weighted by molar-refractivity contribution is 7.13. The third kappa shape index (κ3) is 1.50. The zero-order chi connectivity index (χ0) is 6.69. The first-order valence-corrected chi connectivity index (χ1v) is 3.64. The van der Waals surface area contributed by atoms with Gasteiger partial charge in [-0.3, -0.25) is 0 Å². The molecule has 0 saturated heterocycles. The predicted molar refractivity (Wildman–Crippen MR) is 39.4 cm³/mol. The summed E-state index contributed by atoms with van der Waals surface area (Å²) in [6, 6.07) is 3.53. The van der Waals surface area contributed by atoms with E-state index in [4.69, 9.17) is 0 Å². The minimum absolute atomic E-state index is 0.296. The first-order valence-electron chi connectivity index (χ1n) is 2.29. The highest BCUT2D eigenvalue weighted by atomic mass is 32.1. The molecule has 2 nitrogen and oxygen atoms in total. The molecular weight excluding hydrogens is 155 g/mol. The lowest BCUT2D eigenvalue weighted by molar-refractivity contribution is 0.0770. The summed E-state index contributed by atoms with van der Waals surface area (Å²) in [7, 11) is 1.92. The standard InChI is InChI=1S/C5H5O2PS/c6-5(7-8)4-2-1-3-9-4/h1-3H,8H2. The number of thiophene rings is 1. The van der Waals surface area contributed by atoms with Crippen molar-refractivity contribution in [2.24, 2.45) is 0 Å². The van der Waals surface area contributed by atoms with E-state index in [-0.39, 0.29) is 5.97 Å². The summed E-state index contributed by atoms with van der Waals surface area (Å²) in [4.78, 5) is 11.3. The van der Waals surface area contributed by atoms with Crippen LogP contribution in [0.2, 0.25) is 0 Å². The van der Waals surface area contributed by atoms with Gasteiger partial charge in [0.2, 0.25) is 0 Å². The van der Waals surface area contributed by atoms with E-state index in [2.05, 4.69) is 4.52 Å². The molecule has 1 aromatic rings. The molecule has 1 aromatic heterocycles. The Hall–Kier alpha value is -0.400. The molecule has 0 saturated carbocycles. The van der Waals surface area contributed by atoms with Crippen molar-refractivity contribution >= 4 is 26.8 Å². The molecular formula is C5H5O2PS. The van der Waals surface area contributed by atoms with Gasteiger partial charge in [-0.1, -0.05) is 6.07 Å². The molecule has 48 valence electrons. The summed E-state index contributed by atoms with van der Waals surface area (Å²) in [5.41, 5.74) is 0. The third-order valence-electron chi connectivity index (χ3n) is 0.829. The lowest BCUT2D eigenvalue weighted by Crippen LogP contribution is -1.91. The highest BCUT2D eigenvalue weighted by Gasteiger charge is 2.03. The van der Waals surface area contributed by atoms with Crippen molar-refractivity contribution in [1.82, 2.24) is 0 Å². The van der Waals surface area contributed by atoms with Crippen LogP contribution in [0.5, 0.6) is 0 Å². The highest BCUT2D eigenvalue weighted by Crippen LogP contribution is 2.10. The predicted octanol–water partition coefficient (Wildman–Crippen LogP) is 1.69. The summed E-state index contributed by atoms with van der Waals surface area (Å²) >= 11 is 1.37. The largest absolute Gasteiger partial charge is 0.447 e. The average molecular weight is 160 g/mol. The van der Waals surface area contributed by atoms with Gasteiger partial charge in [0.15, 0.2) is 0 Å². The van der Waals surface area contributed by atoms with Crippen molar-refractivity contribution in [3.63, 3.8) is 0 Å². The molecule has 0 aliphatic rings. The Bertz CT molecular complexity index is 195. The molecule has 0 amide bonds. The molecule has 0 aromatic carbocycles. The van der Waals surface area contributed by atoms with Gasteiger partial charge >= 0.3 is 5.97 Å². The van der Waals surface area contributed by atoms with Crippen molar-refractivity contribution in [3.8, 4) is 0 Å². The lowest BCUT2D eigenvalue weighted by Gasteiger charge is -1.89. The first-order chi connectivity index (χ1) is 4.34. The van der Waals surface area contributed by atoms with Gasteiger partial charge in [-0.15, -0.1) is 11.3 Å². The fourth-order valence-electron chi connectivity index (χ4n) is 0.453. The first kappa shape index (κ1) is 6.72. The normalized spacial score (nSPS) is 9.00. The molecule has 1 heterocycles. The number of hydrogen-bond donors (Lipinski definition) is 0. The maximum Gasteiger partial charge on any atom is 0.350 e. The van der Waals surface area contributed by atoms with Gasteiger partial charge in [0.05, 0.1) is 9.47 Å². The van der Waals surface area contributed by atoms with Gasteiger partial charge in [-0.05, 0) is 11.4 Å². The molecule has 4 heteroatoms. The molecule has 0 N–H and O–H groups in total. The lowest BCUT2D eigenvalue weighted by atomic mass is 10.5. The summed E-state index contributed by atoms with van der Waals surface area (Å²) in [6.07, 6.45) is 0. The third-order valence-corrected chi connectivity index (χ3v) is 1.89. The van der Waals surface area contributed by atoms with Crippen LogP contribution < -0.4 is 0 Å². The molecule has 1 unspecified atom stereocenters. The number of carbonyl (C=O) groups is 1. The Labute approximate surface area is 59.1 Å². The SMILES string of the molecule is O=C(OP)c1cccs1. The van der Waals surface area contributed by atoms with Crippen molar-refractivity contribution in [1.29, 1.82) is 0 Å². The Morgan fingerprint density at radius 1 is 1.78 bits per heavy atom. The zero-order valence-electron chi connectivity index (χ0n) is 4.53. The average Bonchev–Trinajstić information content (AvgIpc) is 2.37. The zero-order valence-corrected chi connectivity index (χ0v) is 6.51. The van der Waals surface area contributed by atoms with Gasteiger partial charge in [-0.2, -0.15) is 0 Å². The van der Waals surface area contributed by atoms with Crippen LogP contribution in [0.15, 0.2) is 17.5 Å². The van der Waals surface area contributed by atoms with Crippen LogP contribution in [0, 0.1) is 0 Å². The minimum Gasteiger partial charge on any atom is -0.447 e. The molecule has 0 spiro atoms. The second-order valence-electron chi connectivity index (χ2n) is 1.38. The number of carbonyl (C=O) groups excluding carboxylic acids is 1. The summed E-state index contributed by atoms with van der Waals surface area (Å²) < 4.78 is 4.38. The Morgan fingerprint density at radius 3 is 3.00 bits per heavy atom. The van der Waals surface area contributed by atoms with Gasteiger partial charge < -0.3 is 4.52 Å². The summed E-state index contributed by atoms with van der Waals surface area (Å²) in [5, 5.41) is 1.83. The fourth-order valence-corrected chi connectivity index (χ4v) is 1.27. The second-order valence-corrected chi connectivity index (χ2v) is 2.57. The second kappa shape index (κ2) is 2.95. The van der Waals surface area contributed by atoms with Crippen LogP contribution in [-0.4, -0.2) is 5.97 Å². The van der Waals surface area contributed by atoms with Crippen molar-refractivity contribution in [2.45, 2.75) is 0 Å². The topological polar surface area (TPSA) is 26.3 Å². The van der Waals surface area contributed by atoms with Gasteiger partial charge in [0.1, 0.15) is 4.88 Å². The van der Waals surface area contributed by atoms with Gasteiger partial charge in [0.25, 0.3) is 0 Å².